The van der Waals surface area contributed by atoms with Gasteiger partial charge >= 0.3 is 0 Å². The quantitative estimate of drug-likeness (QED) is 0.534. The van der Waals surface area contributed by atoms with Crippen molar-refractivity contribution in [3.63, 3.8) is 0 Å². The van der Waals surface area contributed by atoms with Crippen LogP contribution in [0.2, 0.25) is 0 Å². The van der Waals surface area contributed by atoms with Gasteiger partial charge in [0.05, 0.1) is 0 Å². The third-order valence-corrected chi connectivity index (χ3v) is 1.47. The molecule has 0 aromatic heterocycles. The van der Waals surface area contributed by atoms with Crippen LogP contribution in [-0.4, -0.2) is 0 Å². The number of rotatable bonds is 4. The second-order valence-corrected chi connectivity index (χ2v) is 2.43. The Morgan fingerprint density at radius 1 is 1.27 bits per heavy atom. The van der Waals surface area contributed by atoms with Crippen LogP contribution in [0, 0.1) is 0 Å². The van der Waals surface area contributed by atoms with E-state index in [1.807, 2.05) is 6.92 Å². The van der Waals surface area contributed by atoms with Crippen molar-refractivity contribution in [1.29, 1.82) is 0 Å². The van der Waals surface area contributed by atoms with Crippen molar-refractivity contribution < 1.29 is 0 Å². The highest BCUT2D eigenvalue weighted by Gasteiger charge is 1.81. The normalized spacial score (nSPS) is 13.5. The molecule has 0 bridgehead atoms. The third kappa shape index (κ3) is 5.65. The molecule has 0 heteroatoms. The molecule has 11 heavy (non-hydrogen) atoms. The van der Waals surface area contributed by atoms with E-state index in [-0.39, 0.29) is 0 Å². The molecule has 0 heterocycles. The van der Waals surface area contributed by atoms with Crippen LogP contribution < -0.4 is 0 Å². The summed E-state index contributed by atoms with van der Waals surface area (Å²) in [5.41, 5.74) is 1.39. The zero-order chi connectivity index (χ0) is 8.53. The lowest BCUT2D eigenvalue weighted by molar-refractivity contribution is 1.14. The first-order valence-electron chi connectivity index (χ1n) is 4.33. The van der Waals surface area contributed by atoms with E-state index in [9.17, 15) is 0 Å². The fourth-order valence-corrected chi connectivity index (χ4v) is 0.833. The predicted octanol–water partition coefficient (Wildman–Crippen LogP) is 3.87. The Labute approximate surface area is 70.3 Å². The van der Waals surface area contributed by atoms with Gasteiger partial charge in [0.25, 0.3) is 0 Å². The van der Waals surface area contributed by atoms with Crippen LogP contribution in [-0.2, 0) is 0 Å². The van der Waals surface area contributed by atoms with Gasteiger partial charge in [-0.2, -0.15) is 0 Å². The molecule has 0 saturated heterocycles. The first-order chi connectivity index (χ1) is 5.35. The van der Waals surface area contributed by atoms with Crippen LogP contribution in [0.15, 0.2) is 36.0 Å². The number of hydrogen-bond acceptors (Lipinski definition) is 0. The molecule has 0 atom stereocenters. The van der Waals surface area contributed by atoms with Gasteiger partial charge in [-0.1, -0.05) is 44.2 Å². The Morgan fingerprint density at radius 2 is 2.00 bits per heavy atom. The van der Waals surface area contributed by atoms with E-state index in [0.29, 0.717) is 0 Å². The summed E-state index contributed by atoms with van der Waals surface area (Å²) in [6.07, 6.45) is 12.9. The van der Waals surface area contributed by atoms with Crippen molar-refractivity contribution in [1.82, 2.24) is 0 Å². The van der Waals surface area contributed by atoms with E-state index in [2.05, 4.69) is 44.2 Å². The highest BCUT2D eigenvalue weighted by atomic mass is 13.9. The number of allylic oxidation sites excluding steroid dienone is 6. The van der Waals surface area contributed by atoms with E-state index in [0.717, 1.165) is 12.8 Å². The second-order valence-electron chi connectivity index (χ2n) is 2.43. The molecule has 0 fully saturated rings. The maximum absolute atomic E-state index is 2.17. The minimum Gasteiger partial charge on any atom is -0.0874 e. The molecule has 0 saturated carbocycles. The molecule has 0 aliphatic heterocycles. The maximum atomic E-state index is 2.17. The van der Waals surface area contributed by atoms with Crippen LogP contribution >= 0.6 is 0 Å². The first kappa shape index (κ1) is 10.2. The Bertz CT molecular complexity index is 159. The summed E-state index contributed by atoms with van der Waals surface area (Å²) in [7, 11) is 0. The predicted molar refractivity (Wildman–Crippen MR) is 52.6 cm³/mol. The van der Waals surface area contributed by atoms with Crippen LogP contribution in [0.1, 0.15) is 33.6 Å². The average molecular weight is 150 g/mol. The highest BCUT2D eigenvalue weighted by molar-refractivity contribution is 5.22. The van der Waals surface area contributed by atoms with Crippen LogP contribution in [0.5, 0.6) is 0 Å². The molecule has 0 aliphatic carbocycles. The second kappa shape index (κ2) is 7.33. The van der Waals surface area contributed by atoms with Crippen LogP contribution in [0.4, 0.5) is 0 Å². The topological polar surface area (TPSA) is 0 Å². The summed E-state index contributed by atoms with van der Waals surface area (Å²) in [6, 6.07) is 0. The van der Waals surface area contributed by atoms with Gasteiger partial charge in [-0.05, 0) is 25.3 Å². The molecule has 0 spiro atoms. The molecule has 0 nitrogen and oxygen atoms in total. The lowest BCUT2D eigenvalue weighted by Gasteiger charge is -1.91. The van der Waals surface area contributed by atoms with E-state index >= 15 is 0 Å². The smallest absolute Gasteiger partial charge is 0.0308 e. The molecule has 0 aromatic carbocycles. The molecule has 0 amide bonds. The molecule has 0 aliphatic rings. The molecule has 0 radical (unpaired) electrons. The molecule has 0 rings (SSSR count). The molecule has 0 unspecified atom stereocenters. The van der Waals surface area contributed by atoms with Gasteiger partial charge in [0, 0.05) is 0 Å². The minimum absolute atomic E-state index is 1.11. The van der Waals surface area contributed by atoms with Crippen molar-refractivity contribution >= 4 is 0 Å². The molecule has 62 valence electrons. The standard InChI is InChI=1S/C11H18/c1-4-7-8-10-11(6-3)9-5-2/h5,7-10H,4,6H2,1-3H3/b8-7-,9-5-,11-10-. The Morgan fingerprint density at radius 3 is 2.45 bits per heavy atom. The maximum Gasteiger partial charge on any atom is -0.0308 e. The SMILES string of the molecule is C\C=C/C(=C\C=C/CC)CC. The van der Waals surface area contributed by atoms with Crippen LogP contribution in [0.25, 0.3) is 0 Å². The van der Waals surface area contributed by atoms with E-state index < -0.39 is 0 Å². The van der Waals surface area contributed by atoms with Gasteiger partial charge in [-0.15, -0.1) is 0 Å². The minimum atomic E-state index is 1.11. The fraction of sp³-hybridized carbons (Fsp3) is 0.455. The lowest BCUT2D eigenvalue weighted by atomic mass is 10.2. The molecular weight excluding hydrogens is 132 g/mol. The van der Waals surface area contributed by atoms with Gasteiger partial charge in [-0.25, -0.2) is 0 Å². The van der Waals surface area contributed by atoms with E-state index in [1.165, 1.54) is 5.57 Å². The molecule has 0 aromatic rings. The van der Waals surface area contributed by atoms with Crippen LogP contribution in [0.3, 0.4) is 0 Å². The summed E-state index contributed by atoms with van der Waals surface area (Å²) in [6.45, 7) is 6.37. The summed E-state index contributed by atoms with van der Waals surface area (Å²) in [5, 5.41) is 0. The Kier molecular flexibility index (Phi) is 6.81. The summed E-state index contributed by atoms with van der Waals surface area (Å²) < 4.78 is 0. The average Bonchev–Trinajstić information content (AvgIpc) is 2.03. The van der Waals surface area contributed by atoms with Gasteiger partial charge in [0.15, 0.2) is 0 Å². The summed E-state index contributed by atoms with van der Waals surface area (Å²) in [4.78, 5) is 0. The summed E-state index contributed by atoms with van der Waals surface area (Å²) >= 11 is 0. The monoisotopic (exact) mass is 150 g/mol. The van der Waals surface area contributed by atoms with E-state index in [4.69, 9.17) is 0 Å². The van der Waals surface area contributed by atoms with E-state index in [1.54, 1.807) is 0 Å². The largest absolute Gasteiger partial charge is 0.0874 e. The highest BCUT2D eigenvalue weighted by Crippen LogP contribution is 2.02. The third-order valence-electron chi connectivity index (χ3n) is 1.47. The molecular formula is C11H18. The summed E-state index contributed by atoms with van der Waals surface area (Å²) in [5.74, 6) is 0. The van der Waals surface area contributed by atoms with Gasteiger partial charge in [0.1, 0.15) is 0 Å². The Balaban J connectivity index is 4.00. The van der Waals surface area contributed by atoms with Gasteiger partial charge < -0.3 is 0 Å². The van der Waals surface area contributed by atoms with Crippen molar-refractivity contribution in [3.8, 4) is 0 Å². The van der Waals surface area contributed by atoms with Crippen molar-refractivity contribution in [2.45, 2.75) is 33.6 Å². The zero-order valence-corrected chi connectivity index (χ0v) is 7.80. The van der Waals surface area contributed by atoms with Crippen molar-refractivity contribution in [2.75, 3.05) is 0 Å². The van der Waals surface area contributed by atoms with Crippen molar-refractivity contribution in [2.24, 2.45) is 0 Å². The van der Waals surface area contributed by atoms with Gasteiger partial charge in [-0.3, -0.25) is 0 Å². The lowest BCUT2D eigenvalue weighted by Crippen LogP contribution is -1.71. The fourth-order valence-electron chi connectivity index (χ4n) is 0.833. The first-order valence-corrected chi connectivity index (χ1v) is 4.33. The number of hydrogen-bond donors (Lipinski definition) is 0. The van der Waals surface area contributed by atoms with Crippen molar-refractivity contribution in [3.05, 3.63) is 36.0 Å². The Hall–Kier alpha value is -0.780. The molecule has 0 N–H and O–H groups in total. The van der Waals surface area contributed by atoms with Gasteiger partial charge in [0.2, 0.25) is 0 Å². The zero-order valence-electron chi connectivity index (χ0n) is 7.80.